The summed E-state index contributed by atoms with van der Waals surface area (Å²) in [5.74, 6) is -11.1. The Morgan fingerprint density at radius 1 is 0.448 bits per heavy atom. The minimum atomic E-state index is -1.67. The van der Waals surface area contributed by atoms with Gasteiger partial charge in [-0.15, -0.1) is 0 Å². The van der Waals surface area contributed by atoms with Crippen molar-refractivity contribution in [1.82, 2.24) is 62.1 Å². The van der Waals surface area contributed by atoms with E-state index in [1.165, 1.54) is 86.3 Å². The fourth-order valence-electron chi connectivity index (χ4n) is 14.1. The summed E-state index contributed by atoms with van der Waals surface area (Å²) in [5.41, 5.74) is -2.24. The largest absolute Gasteiger partial charge is 0.480 e. The van der Waals surface area contributed by atoms with E-state index in [2.05, 4.69) is 42.5 Å². The zero-order valence-corrected chi connectivity index (χ0v) is 68.5. The topological polar surface area (TPSA) is 407 Å². The highest BCUT2D eigenvalue weighted by Crippen LogP contribution is 2.31. The van der Waals surface area contributed by atoms with Crippen LogP contribution in [0.3, 0.4) is 0 Å². The second-order valence-electron chi connectivity index (χ2n) is 34.5. The molecule has 12 atom stereocenters. The van der Waals surface area contributed by atoms with Gasteiger partial charge in [0.1, 0.15) is 71.6 Å². The number of hydrogen-bond acceptors (Lipinski definition) is 16. The molecule has 0 aromatic heterocycles. The average molecular weight is 1600 g/mol. The summed E-state index contributed by atoms with van der Waals surface area (Å²) < 4.78 is 11.0. The van der Waals surface area contributed by atoms with Crippen molar-refractivity contribution in [2.45, 2.75) is 219 Å². The van der Waals surface area contributed by atoms with Crippen LogP contribution in [-0.4, -0.2) is 224 Å². The number of fused-ring (bicyclic) bond motifs is 2. The molecule has 0 saturated carbocycles. The number of likely N-dealkylation sites (N-methyl/N-ethyl adjacent to an activating group) is 2. The van der Waals surface area contributed by atoms with Gasteiger partial charge >= 0.3 is 24.1 Å². The van der Waals surface area contributed by atoms with Crippen molar-refractivity contribution in [3.8, 4) is 0 Å². The molecule has 30 heteroatoms. The Morgan fingerprint density at radius 3 is 1.09 bits per heavy atom. The Bertz CT molecular complexity index is 4440. The molecule has 6 aromatic carbocycles. The highest BCUT2D eigenvalue weighted by Gasteiger charge is 2.49. The lowest BCUT2D eigenvalue weighted by Crippen LogP contribution is -2.61. The Labute approximate surface area is 674 Å². The summed E-state index contributed by atoms with van der Waals surface area (Å²) >= 11 is 0. The minimum Gasteiger partial charge on any atom is -0.480 e. The van der Waals surface area contributed by atoms with Gasteiger partial charge in [0.15, 0.2) is 0 Å². The second kappa shape index (κ2) is 36.2. The summed E-state index contributed by atoms with van der Waals surface area (Å²) in [4.78, 5) is 207. The number of amides is 12. The number of nitrogens with zero attached hydrogens (tertiary/aromatic N) is 4. The first-order valence-corrected chi connectivity index (χ1v) is 38.8. The molecule has 2 saturated heterocycles. The van der Waals surface area contributed by atoms with E-state index in [-0.39, 0.29) is 62.7 Å². The van der Waals surface area contributed by atoms with Gasteiger partial charge in [-0.2, -0.15) is 0 Å². The van der Waals surface area contributed by atoms with Crippen LogP contribution in [0.25, 0.3) is 21.5 Å². The molecule has 116 heavy (non-hydrogen) atoms. The lowest BCUT2D eigenvalue weighted by atomic mass is 9.85. The Balaban J connectivity index is 1.09. The zero-order valence-electron chi connectivity index (χ0n) is 68.5. The molecule has 0 aliphatic carbocycles. The third kappa shape index (κ3) is 22.7. The molecule has 6 aliphatic heterocycles. The number of carboxylic acids is 2. The van der Waals surface area contributed by atoms with E-state index in [9.17, 15) is 48.6 Å². The number of rotatable bonds is 14. The van der Waals surface area contributed by atoms with Crippen LogP contribution in [0.1, 0.15) is 153 Å². The fourth-order valence-corrected chi connectivity index (χ4v) is 14.1. The van der Waals surface area contributed by atoms with E-state index in [1.807, 2.05) is 60.7 Å². The number of carboxylic acid groups (broad SMARTS) is 2. The van der Waals surface area contributed by atoms with Gasteiger partial charge in [-0.3, -0.25) is 57.7 Å². The SMILES string of the molecule is CC(C(=O)NC(C(=O)N1CC2CC1C(=O)NC(Cc1ccc3ccccc3c1)C(=O)NC(C(=O)O)Cc1ccc(cc1)C(=O)NC1CC(C(=O)NC(Cc3ccc4ccccc4c3)C(=O)NC(C(=O)O)Cc3ccc(cc3)C(=O)N2)N(C(=O)C(NC(=O)C(C)N(C)C(=O)OC(C)(C)C)C(C)(C)C)C1)C(C)(C)C)N(C)C(=O)OC(C)(C)C. The van der Waals surface area contributed by atoms with E-state index < -0.39 is 178 Å². The predicted octanol–water partition coefficient (Wildman–Crippen LogP) is 6.36. The molecule has 0 spiro atoms. The quantitative estimate of drug-likeness (QED) is 0.0567. The Kier molecular flexibility index (Phi) is 27.5. The van der Waals surface area contributed by atoms with Crippen molar-refractivity contribution in [2.75, 3.05) is 27.2 Å². The smallest absolute Gasteiger partial charge is 0.410 e. The van der Waals surface area contributed by atoms with Crippen LogP contribution in [0.15, 0.2) is 133 Å². The van der Waals surface area contributed by atoms with Gasteiger partial charge in [0.05, 0.1) is 0 Å². The fraction of sp³-hybridized carbons (Fsp3) is 0.465. The Hall–Kier alpha value is -12.0. The average Bonchev–Trinajstić information content (AvgIpc) is 1.62. The highest BCUT2D eigenvalue weighted by molar-refractivity contribution is 6.01. The van der Waals surface area contributed by atoms with Crippen molar-refractivity contribution < 1.29 is 86.8 Å². The molecule has 8 bridgehead atoms. The predicted molar refractivity (Wildman–Crippen MR) is 431 cm³/mol. The summed E-state index contributed by atoms with van der Waals surface area (Å²) in [6.45, 7) is 22.2. The number of aliphatic carboxylic acids is 2. The van der Waals surface area contributed by atoms with Crippen LogP contribution in [0, 0.1) is 10.8 Å². The maximum absolute atomic E-state index is 15.5. The third-order valence-electron chi connectivity index (χ3n) is 20.8. The molecule has 6 aromatic rings. The van der Waals surface area contributed by atoms with Crippen molar-refractivity contribution in [2.24, 2.45) is 10.8 Å². The van der Waals surface area contributed by atoms with Gasteiger partial charge in [-0.05, 0) is 147 Å². The van der Waals surface area contributed by atoms with E-state index in [1.54, 1.807) is 107 Å². The van der Waals surface area contributed by atoms with Gasteiger partial charge in [0.25, 0.3) is 11.8 Å². The zero-order chi connectivity index (χ0) is 85.4. The van der Waals surface area contributed by atoms with Crippen molar-refractivity contribution in [3.63, 3.8) is 0 Å². The minimum absolute atomic E-state index is 0.0383. The molecule has 12 amide bonds. The Morgan fingerprint density at radius 2 is 0.776 bits per heavy atom. The summed E-state index contributed by atoms with van der Waals surface area (Å²) in [5, 5.41) is 47.3. The number of benzene rings is 6. The van der Waals surface area contributed by atoms with Gasteiger partial charge in [-0.25, -0.2) is 19.2 Å². The molecule has 6 heterocycles. The standard InChI is InChI=1S/C86H108N12O18/c1-47(95(15)81(113)115-85(9,10)11)69(99)93-67(83(3,4)5)77(107)97-45-59-43-65(97)75(105)89-61(41-51-29-31-53-21-17-19-23-57(53)37-51)73(103)91-63(79(109)110)39-50-27-35-56(36-28-50)72(102)88-60-44-66(98(46-60)78(108)68(84(6,7)8)94-70(100)48(2)96(16)82(114)116-86(12,13)14)76(106)90-62(42-52-30-32-54-22-18-20-24-58(54)38-52)74(104)92-64(80(111)112)40-49-25-33-55(34-26-49)71(101)87-59/h17-38,47-48,59-68H,39-46H2,1-16H3,(H,87,101)(H,88,102)(H,89,105)(H,90,106)(H,91,103)(H,92,104)(H,93,99)(H,94,100)(H,109,110)(H,111,112). The molecule has 2 fully saturated rings. The normalized spacial score (nSPS) is 21.3. The molecule has 6 aliphatic rings. The second-order valence-corrected chi connectivity index (χ2v) is 34.5. The third-order valence-corrected chi connectivity index (χ3v) is 20.8. The maximum atomic E-state index is 15.5. The van der Waals surface area contributed by atoms with Gasteiger partial charge in [0, 0.05) is 76.1 Å². The summed E-state index contributed by atoms with van der Waals surface area (Å²) in [6, 6.07) is 20.4. The molecule has 30 nitrogen and oxygen atoms in total. The number of hydrogen-bond donors (Lipinski definition) is 10. The van der Waals surface area contributed by atoms with E-state index in [0.717, 1.165) is 31.3 Å². The van der Waals surface area contributed by atoms with Crippen molar-refractivity contribution in [3.05, 3.63) is 167 Å². The number of carbonyl (C=O) groups is 14. The number of ether oxygens (including phenoxy) is 2. The molecular formula is C86H108N12O18. The van der Waals surface area contributed by atoms with E-state index in [0.29, 0.717) is 22.3 Å². The van der Waals surface area contributed by atoms with Crippen molar-refractivity contribution >= 4 is 105 Å². The van der Waals surface area contributed by atoms with Gasteiger partial charge in [0.2, 0.25) is 47.3 Å². The lowest BCUT2D eigenvalue weighted by Gasteiger charge is -2.37. The first-order valence-electron chi connectivity index (χ1n) is 38.8. The van der Waals surface area contributed by atoms with E-state index >= 15 is 28.8 Å². The number of carbonyl (C=O) groups excluding carboxylic acids is 12. The molecule has 0 radical (unpaired) electrons. The van der Waals surface area contributed by atoms with Gasteiger partial charge < -0.3 is 72.0 Å². The van der Waals surface area contributed by atoms with Gasteiger partial charge in [-0.1, -0.05) is 151 Å². The summed E-state index contributed by atoms with van der Waals surface area (Å²) in [6.07, 6.45) is -3.34. The summed E-state index contributed by atoms with van der Waals surface area (Å²) in [7, 11) is 2.72. The first-order chi connectivity index (χ1) is 54.2. The van der Waals surface area contributed by atoms with E-state index in [4.69, 9.17) is 9.47 Å². The monoisotopic (exact) mass is 1600 g/mol. The van der Waals surface area contributed by atoms with Crippen LogP contribution >= 0.6 is 0 Å². The van der Waals surface area contributed by atoms with Crippen LogP contribution in [0.2, 0.25) is 0 Å². The van der Waals surface area contributed by atoms with Crippen LogP contribution < -0.4 is 42.5 Å². The molecule has 10 N–H and O–H groups in total. The maximum Gasteiger partial charge on any atom is 0.410 e. The molecule has 620 valence electrons. The first kappa shape index (κ1) is 88.0. The molecular weight excluding hydrogens is 1490 g/mol. The highest BCUT2D eigenvalue weighted by atomic mass is 16.6. The number of nitrogens with one attached hydrogen (secondary N) is 8. The number of likely N-dealkylation sites (tertiary alicyclic amines) is 2. The van der Waals surface area contributed by atoms with Crippen LogP contribution in [-0.2, 0) is 83.1 Å². The van der Waals surface area contributed by atoms with Crippen molar-refractivity contribution in [1.29, 1.82) is 0 Å². The van der Waals surface area contributed by atoms with Crippen LogP contribution in [0.5, 0.6) is 0 Å². The van der Waals surface area contributed by atoms with Crippen LogP contribution in [0.4, 0.5) is 9.59 Å². The lowest BCUT2D eigenvalue weighted by molar-refractivity contribution is -0.145. The molecule has 12 unspecified atom stereocenters. The molecule has 12 rings (SSSR count).